The van der Waals surface area contributed by atoms with Gasteiger partial charge in [0, 0.05) is 12.5 Å². The van der Waals surface area contributed by atoms with Gasteiger partial charge >= 0.3 is 5.97 Å². The maximum Gasteiger partial charge on any atom is 0.326 e. The van der Waals surface area contributed by atoms with Crippen LogP contribution in [0.5, 0.6) is 0 Å². The summed E-state index contributed by atoms with van der Waals surface area (Å²) in [5, 5.41) is 16.0. The number of ether oxygens (including phenoxy) is 1. The molecule has 0 radical (unpaired) electrons. The van der Waals surface area contributed by atoms with Gasteiger partial charge in [0.25, 0.3) is 5.91 Å². The molecule has 3 rings (SSSR count). The number of hydrogen-bond donors (Lipinski definition) is 2. The molecule has 2 atom stereocenters. The zero-order valence-electron chi connectivity index (χ0n) is 13.0. The summed E-state index contributed by atoms with van der Waals surface area (Å²) in [4.78, 5) is 27.7. The summed E-state index contributed by atoms with van der Waals surface area (Å²) < 4.78 is 6.78. The second-order valence-electron chi connectivity index (χ2n) is 5.61. The summed E-state index contributed by atoms with van der Waals surface area (Å²) in [7, 11) is 0. The number of nitrogens with zero attached hydrogens (tertiary/aromatic N) is 3. The third kappa shape index (κ3) is 3.60. The van der Waals surface area contributed by atoms with E-state index in [9.17, 15) is 14.7 Å². The molecule has 1 amide bonds. The van der Waals surface area contributed by atoms with Crippen LogP contribution in [-0.2, 0) is 9.53 Å². The lowest BCUT2D eigenvalue weighted by atomic mass is 9.93. The van der Waals surface area contributed by atoms with E-state index < -0.39 is 17.9 Å². The fraction of sp³-hybridized carbons (Fsp3) is 0.375. The predicted molar refractivity (Wildman–Crippen MR) is 83.8 cm³/mol. The first-order valence-corrected chi connectivity index (χ1v) is 7.73. The average molecular weight is 330 g/mol. The Kier molecular flexibility index (Phi) is 4.85. The van der Waals surface area contributed by atoms with E-state index in [0.717, 1.165) is 12.1 Å². The molecule has 2 N–H and O–H groups in total. The minimum absolute atomic E-state index is 0.0677. The van der Waals surface area contributed by atoms with Gasteiger partial charge in [0.15, 0.2) is 0 Å². The van der Waals surface area contributed by atoms with Crippen molar-refractivity contribution in [3.05, 3.63) is 42.5 Å². The molecule has 24 heavy (non-hydrogen) atoms. The first-order chi connectivity index (χ1) is 11.6. The minimum Gasteiger partial charge on any atom is -0.480 e. The van der Waals surface area contributed by atoms with Crippen molar-refractivity contribution in [3.63, 3.8) is 0 Å². The maximum atomic E-state index is 12.3. The molecule has 1 aliphatic rings. The van der Waals surface area contributed by atoms with Crippen LogP contribution in [0.15, 0.2) is 36.7 Å². The lowest BCUT2D eigenvalue weighted by Crippen LogP contribution is -2.48. The second-order valence-corrected chi connectivity index (χ2v) is 5.61. The summed E-state index contributed by atoms with van der Waals surface area (Å²) >= 11 is 0. The van der Waals surface area contributed by atoms with E-state index in [1.54, 1.807) is 0 Å². The molecule has 2 aromatic rings. The molecule has 8 nitrogen and oxygen atoms in total. The lowest BCUT2D eigenvalue weighted by Gasteiger charge is -2.27. The lowest BCUT2D eigenvalue weighted by molar-refractivity contribution is -0.142. The van der Waals surface area contributed by atoms with Crippen molar-refractivity contribution in [1.29, 1.82) is 0 Å². The van der Waals surface area contributed by atoms with Crippen LogP contribution in [0.4, 0.5) is 0 Å². The summed E-state index contributed by atoms with van der Waals surface area (Å²) in [5.41, 5.74) is 0.763. The molecule has 0 bridgehead atoms. The first kappa shape index (κ1) is 16.1. The Morgan fingerprint density at radius 1 is 1.33 bits per heavy atom. The summed E-state index contributed by atoms with van der Waals surface area (Å²) in [6.07, 6.45) is 2.90. The zero-order chi connectivity index (χ0) is 16.9. The Bertz CT molecular complexity index is 710. The summed E-state index contributed by atoms with van der Waals surface area (Å²) in [6.45, 7) is 0.947. The molecule has 1 aromatic carbocycles. The normalized spacial score (nSPS) is 18.8. The number of rotatable bonds is 5. The highest BCUT2D eigenvalue weighted by Gasteiger charge is 2.32. The monoisotopic (exact) mass is 330 g/mol. The van der Waals surface area contributed by atoms with E-state index in [-0.39, 0.29) is 11.7 Å². The highest BCUT2D eigenvalue weighted by atomic mass is 16.5. The fourth-order valence-corrected chi connectivity index (χ4v) is 2.69. The van der Waals surface area contributed by atoms with Crippen LogP contribution in [-0.4, -0.2) is 51.0 Å². The molecule has 0 spiro atoms. The van der Waals surface area contributed by atoms with Crippen molar-refractivity contribution >= 4 is 11.9 Å². The number of amides is 1. The molecule has 0 aliphatic carbocycles. The van der Waals surface area contributed by atoms with Gasteiger partial charge in [0.05, 0.1) is 12.3 Å². The van der Waals surface area contributed by atoms with Crippen LogP contribution in [0.2, 0.25) is 0 Å². The second kappa shape index (κ2) is 7.22. The van der Waals surface area contributed by atoms with E-state index in [2.05, 4.69) is 15.4 Å². The molecule has 126 valence electrons. The van der Waals surface area contributed by atoms with Crippen molar-refractivity contribution in [3.8, 4) is 5.69 Å². The number of hydrogen-bond acceptors (Lipinski definition) is 5. The van der Waals surface area contributed by atoms with Crippen LogP contribution < -0.4 is 5.32 Å². The molecule has 0 saturated carbocycles. The number of carbonyl (C=O) groups is 2. The van der Waals surface area contributed by atoms with Crippen molar-refractivity contribution in [1.82, 2.24) is 20.1 Å². The topological polar surface area (TPSA) is 106 Å². The number of aromatic nitrogens is 3. The highest BCUT2D eigenvalue weighted by Crippen LogP contribution is 2.18. The van der Waals surface area contributed by atoms with E-state index in [4.69, 9.17) is 4.74 Å². The number of nitrogens with one attached hydrogen (secondary N) is 1. The quantitative estimate of drug-likeness (QED) is 0.843. The van der Waals surface area contributed by atoms with Crippen LogP contribution in [0.25, 0.3) is 5.69 Å². The van der Waals surface area contributed by atoms with Crippen LogP contribution >= 0.6 is 0 Å². The first-order valence-electron chi connectivity index (χ1n) is 7.73. The van der Waals surface area contributed by atoms with E-state index in [1.165, 1.54) is 11.0 Å². The van der Waals surface area contributed by atoms with Gasteiger partial charge in [-0.2, -0.15) is 0 Å². The number of aliphatic carboxylic acids is 1. The average Bonchev–Trinajstić information content (AvgIpc) is 3.11. The fourth-order valence-electron chi connectivity index (χ4n) is 2.69. The van der Waals surface area contributed by atoms with Gasteiger partial charge in [-0.25, -0.2) is 14.5 Å². The van der Waals surface area contributed by atoms with Crippen molar-refractivity contribution in [2.45, 2.75) is 18.9 Å². The minimum atomic E-state index is -1.08. The third-order valence-electron chi connectivity index (χ3n) is 3.94. The van der Waals surface area contributed by atoms with E-state index >= 15 is 0 Å². The van der Waals surface area contributed by atoms with Gasteiger partial charge in [-0.3, -0.25) is 4.79 Å². The standard InChI is InChI=1S/C16H18N4O4/c21-15(18-13(16(22)23)11-5-4-8-24-9-11)14-17-10-20(19-14)12-6-2-1-3-7-12/h1-3,6-7,10-11,13H,4-5,8-9H2,(H,18,21)(H,22,23)/t11-,13+/m0/s1. The SMILES string of the molecule is O=C(N[C@@H](C(=O)O)[C@H]1CCCOC1)c1ncn(-c2ccccc2)n1. The molecule has 2 heterocycles. The van der Waals surface area contributed by atoms with Gasteiger partial charge in [0.1, 0.15) is 12.4 Å². The van der Waals surface area contributed by atoms with Gasteiger partial charge in [0.2, 0.25) is 5.82 Å². The largest absolute Gasteiger partial charge is 0.480 e. The Balaban J connectivity index is 1.71. The number of carboxylic acid groups (broad SMARTS) is 1. The molecule has 8 heteroatoms. The molecule has 1 fully saturated rings. The molecule has 1 saturated heterocycles. The van der Waals surface area contributed by atoms with Crippen LogP contribution in [0.1, 0.15) is 23.5 Å². The van der Waals surface area contributed by atoms with Gasteiger partial charge in [-0.05, 0) is 25.0 Å². The smallest absolute Gasteiger partial charge is 0.326 e. The Hall–Kier alpha value is -2.74. The van der Waals surface area contributed by atoms with Crippen molar-refractivity contribution < 1.29 is 19.4 Å². The van der Waals surface area contributed by atoms with Crippen LogP contribution in [0, 0.1) is 5.92 Å². The molecule has 1 aromatic heterocycles. The third-order valence-corrected chi connectivity index (χ3v) is 3.94. The zero-order valence-corrected chi connectivity index (χ0v) is 13.0. The number of carbonyl (C=O) groups excluding carboxylic acids is 1. The van der Waals surface area contributed by atoms with Crippen LogP contribution in [0.3, 0.4) is 0 Å². The van der Waals surface area contributed by atoms with E-state index in [1.807, 2.05) is 30.3 Å². The van der Waals surface area contributed by atoms with E-state index in [0.29, 0.717) is 19.6 Å². The molecular formula is C16H18N4O4. The Labute approximate surface area is 138 Å². The number of benzene rings is 1. The maximum absolute atomic E-state index is 12.3. The Morgan fingerprint density at radius 3 is 2.79 bits per heavy atom. The molecule has 0 unspecified atom stereocenters. The highest BCUT2D eigenvalue weighted by molar-refractivity contribution is 5.93. The number of para-hydroxylation sites is 1. The van der Waals surface area contributed by atoms with Gasteiger partial charge < -0.3 is 15.2 Å². The molecular weight excluding hydrogens is 312 g/mol. The number of carboxylic acids is 1. The van der Waals surface area contributed by atoms with Crippen molar-refractivity contribution in [2.24, 2.45) is 5.92 Å². The summed E-state index contributed by atoms with van der Waals surface area (Å²) in [6, 6.07) is 8.21. The molecule has 1 aliphatic heterocycles. The predicted octanol–water partition coefficient (Wildman–Crippen LogP) is 0.877. The Morgan fingerprint density at radius 2 is 2.12 bits per heavy atom. The summed E-state index contributed by atoms with van der Waals surface area (Å²) in [5.74, 6) is -2.01. The van der Waals surface area contributed by atoms with Crippen molar-refractivity contribution in [2.75, 3.05) is 13.2 Å². The van der Waals surface area contributed by atoms with Gasteiger partial charge in [-0.1, -0.05) is 18.2 Å². The van der Waals surface area contributed by atoms with Gasteiger partial charge in [-0.15, -0.1) is 5.10 Å².